The molecule has 196 valence electrons. The van der Waals surface area contributed by atoms with Gasteiger partial charge >= 0.3 is 0 Å². The van der Waals surface area contributed by atoms with Crippen LogP contribution in [-0.4, -0.2) is 70.9 Å². The highest BCUT2D eigenvalue weighted by Gasteiger charge is 2.31. The molecule has 2 aromatic heterocycles. The van der Waals surface area contributed by atoms with Crippen molar-refractivity contribution in [2.45, 2.75) is 44.6 Å². The van der Waals surface area contributed by atoms with Gasteiger partial charge in [-0.15, -0.1) is 0 Å². The lowest BCUT2D eigenvalue weighted by atomic mass is 10.1. The van der Waals surface area contributed by atoms with Crippen LogP contribution in [0.3, 0.4) is 0 Å². The van der Waals surface area contributed by atoms with Gasteiger partial charge in [-0.05, 0) is 38.0 Å². The zero-order valence-corrected chi connectivity index (χ0v) is 22.2. The van der Waals surface area contributed by atoms with E-state index >= 15 is 4.39 Å². The van der Waals surface area contributed by atoms with Gasteiger partial charge in [-0.25, -0.2) is 9.37 Å². The number of hydrogen-bond donors (Lipinski definition) is 3. The molecule has 5 rings (SSSR count). The molecule has 1 aliphatic heterocycles. The molecule has 1 saturated heterocycles. The minimum atomic E-state index is -0.482. The minimum absolute atomic E-state index is 0.0961. The van der Waals surface area contributed by atoms with Crippen molar-refractivity contribution in [3.8, 4) is 11.3 Å². The molecule has 0 bridgehead atoms. The molecule has 0 spiro atoms. The van der Waals surface area contributed by atoms with Crippen LogP contribution >= 0.6 is 22.9 Å². The van der Waals surface area contributed by atoms with E-state index in [1.807, 2.05) is 22.6 Å². The van der Waals surface area contributed by atoms with E-state index in [0.29, 0.717) is 63.1 Å². The quantitative estimate of drug-likeness (QED) is 0.374. The fraction of sp³-hybridized carbons (Fsp3) is 0.440. The number of halogens is 2. The molecule has 1 aromatic carbocycles. The number of morpholine rings is 1. The standard InChI is InChI=1S/C25H29ClFN7O2S/c1-14-12-33(13-20(36-14)15(10-28)11-30-17-4-5-17)24-31-21(18-6-3-16(26)9-19(18)27)22-23(32-24)34(7-8-35)25(29-2)37-22/h3,6,9-11,14,17,20,28,30,35H,4-5,7-8,12-13H2,1-2H3/b15-11+,28-10?,29-25-/t14-,20-/m0/s1. The summed E-state index contributed by atoms with van der Waals surface area (Å²) in [5.41, 5.74) is 2.06. The highest BCUT2D eigenvalue weighted by molar-refractivity contribution is 7.16. The van der Waals surface area contributed by atoms with Crippen molar-refractivity contribution in [1.29, 1.82) is 5.41 Å². The topological polar surface area (TPSA) is 112 Å². The van der Waals surface area contributed by atoms with Gasteiger partial charge in [-0.3, -0.25) is 9.56 Å². The number of rotatable bonds is 8. The van der Waals surface area contributed by atoms with E-state index in [1.54, 1.807) is 19.2 Å². The first-order valence-electron chi connectivity index (χ1n) is 12.2. The molecule has 1 aliphatic carbocycles. The van der Waals surface area contributed by atoms with Gasteiger partial charge in [0, 0.05) is 48.2 Å². The molecule has 37 heavy (non-hydrogen) atoms. The number of thiazole rings is 1. The van der Waals surface area contributed by atoms with Gasteiger partial charge in [-0.2, -0.15) is 4.98 Å². The van der Waals surface area contributed by atoms with Crippen molar-refractivity contribution in [2.75, 3.05) is 31.6 Å². The second-order valence-corrected chi connectivity index (χ2v) is 10.6. The molecule has 12 heteroatoms. The van der Waals surface area contributed by atoms with Crippen LogP contribution in [0.1, 0.15) is 19.8 Å². The second-order valence-electron chi connectivity index (χ2n) is 9.20. The first-order chi connectivity index (χ1) is 17.9. The summed E-state index contributed by atoms with van der Waals surface area (Å²) in [4.78, 5) is 16.7. The van der Waals surface area contributed by atoms with E-state index in [9.17, 15) is 5.11 Å². The fourth-order valence-electron chi connectivity index (χ4n) is 4.40. The Morgan fingerprint density at radius 1 is 1.38 bits per heavy atom. The number of hydrogen-bond acceptors (Lipinski definition) is 9. The summed E-state index contributed by atoms with van der Waals surface area (Å²) in [7, 11) is 1.67. The number of nitrogens with one attached hydrogen (secondary N) is 2. The second kappa shape index (κ2) is 10.9. The molecule has 0 amide bonds. The number of nitrogens with zero attached hydrogens (tertiary/aromatic N) is 5. The normalized spacial score (nSPS) is 21.1. The molecule has 3 aromatic rings. The summed E-state index contributed by atoms with van der Waals surface area (Å²) in [6.45, 7) is 3.13. The Bertz CT molecular complexity index is 1420. The number of aliphatic hydroxyl groups is 1. The molecule has 2 aliphatic rings. The summed E-state index contributed by atoms with van der Waals surface area (Å²) in [5.74, 6) is -0.0624. The van der Waals surface area contributed by atoms with Crippen LogP contribution in [0, 0.1) is 11.2 Å². The number of ether oxygens (including phenoxy) is 1. The highest BCUT2D eigenvalue weighted by atomic mass is 35.5. The largest absolute Gasteiger partial charge is 0.395 e. The summed E-state index contributed by atoms with van der Waals surface area (Å²) in [5, 5.41) is 21.3. The van der Waals surface area contributed by atoms with Crippen molar-refractivity contribution < 1.29 is 14.2 Å². The number of benzene rings is 1. The summed E-state index contributed by atoms with van der Waals surface area (Å²) in [6, 6.07) is 4.99. The van der Waals surface area contributed by atoms with Gasteiger partial charge in [0.15, 0.2) is 10.4 Å². The summed E-state index contributed by atoms with van der Waals surface area (Å²) in [6.07, 6.45) is 4.95. The average molecular weight is 546 g/mol. The third kappa shape index (κ3) is 5.40. The molecule has 0 unspecified atom stereocenters. The van der Waals surface area contributed by atoms with Crippen molar-refractivity contribution in [2.24, 2.45) is 4.99 Å². The van der Waals surface area contributed by atoms with E-state index in [0.717, 1.165) is 18.4 Å². The first kappa shape index (κ1) is 25.8. The van der Waals surface area contributed by atoms with Crippen LogP contribution in [0.5, 0.6) is 0 Å². The van der Waals surface area contributed by atoms with Crippen LogP contribution < -0.4 is 15.0 Å². The third-order valence-corrected chi connectivity index (χ3v) is 7.76. The molecular weight excluding hydrogens is 517 g/mol. The van der Waals surface area contributed by atoms with Crippen LogP contribution in [0.4, 0.5) is 10.3 Å². The third-order valence-electron chi connectivity index (χ3n) is 6.36. The molecule has 3 N–H and O–H groups in total. The smallest absolute Gasteiger partial charge is 0.228 e. The van der Waals surface area contributed by atoms with Crippen LogP contribution in [0.2, 0.25) is 5.02 Å². The molecule has 1 saturated carbocycles. The van der Waals surface area contributed by atoms with E-state index in [-0.39, 0.29) is 18.8 Å². The van der Waals surface area contributed by atoms with Gasteiger partial charge in [0.05, 0.1) is 31.5 Å². The Morgan fingerprint density at radius 2 is 2.19 bits per heavy atom. The molecule has 9 nitrogen and oxygen atoms in total. The van der Waals surface area contributed by atoms with E-state index in [4.69, 9.17) is 31.7 Å². The number of anilines is 1. The predicted octanol–water partition coefficient (Wildman–Crippen LogP) is 3.35. The van der Waals surface area contributed by atoms with Crippen LogP contribution in [0.25, 0.3) is 21.6 Å². The Kier molecular flexibility index (Phi) is 7.57. The van der Waals surface area contributed by atoms with Crippen LogP contribution in [-0.2, 0) is 11.3 Å². The van der Waals surface area contributed by atoms with E-state index in [2.05, 4.69) is 10.3 Å². The molecule has 3 heterocycles. The molecular formula is C25H29ClFN7O2S. The van der Waals surface area contributed by atoms with Gasteiger partial charge in [0.25, 0.3) is 0 Å². The average Bonchev–Trinajstić information content (AvgIpc) is 3.64. The van der Waals surface area contributed by atoms with Gasteiger partial charge < -0.3 is 25.5 Å². The van der Waals surface area contributed by atoms with Crippen molar-refractivity contribution in [3.63, 3.8) is 0 Å². The number of fused-ring (bicyclic) bond motifs is 1. The summed E-state index contributed by atoms with van der Waals surface area (Å²) >= 11 is 7.37. The fourth-order valence-corrected chi connectivity index (χ4v) is 5.62. The monoisotopic (exact) mass is 545 g/mol. The zero-order valence-electron chi connectivity index (χ0n) is 20.6. The highest BCUT2D eigenvalue weighted by Crippen LogP contribution is 2.34. The predicted molar refractivity (Wildman–Crippen MR) is 144 cm³/mol. The first-order valence-corrected chi connectivity index (χ1v) is 13.4. The molecule has 2 fully saturated rings. The Balaban J connectivity index is 1.62. The van der Waals surface area contributed by atoms with Crippen molar-refractivity contribution in [1.82, 2.24) is 19.9 Å². The number of aliphatic hydroxyl groups excluding tert-OH is 1. The lowest BCUT2D eigenvalue weighted by Crippen LogP contribution is -2.48. The minimum Gasteiger partial charge on any atom is -0.395 e. The maximum Gasteiger partial charge on any atom is 0.228 e. The maximum absolute atomic E-state index is 15.1. The SMILES string of the molecule is C/N=c1\sc2c(-c3ccc(Cl)cc3F)nc(N3C[C@@H](/C(C=N)=C/NC4CC4)O[C@@H](C)C3)nc2n1CCO. The zero-order chi connectivity index (χ0) is 26.1. The van der Waals surface area contributed by atoms with Gasteiger partial charge in [-0.1, -0.05) is 22.9 Å². The lowest BCUT2D eigenvalue weighted by molar-refractivity contribution is 0.00652. The van der Waals surface area contributed by atoms with E-state index in [1.165, 1.54) is 23.6 Å². The summed E-state index contributed by atoms with van der Waals surface area (Å²) < 4.78 is 23.8. The van der Waals surface area contributed by atoms with Gasteiger partial charge in [0.2, 0.25) is 5.95 Å². The Labute approximate surface area is 222 Å². The van der Waals surface area contributed by atoms with Crippen LogP contribution in [0.15, 0.2) is 35.0 Å². The molecule has 0 radical (unpaired) electrons. The maximum atomic E-state index is 15.1. The van der Waals surface area contributed by atoms with Crippen molar-refractivity contribution in [3.05, 3.63) is 45.6 Å². The Hall–Kier alpha value is -2.86. The Morgan fingerprint density at radius 3 is 2.86 bits per heavy atom. The lowest BCUT2D eigenvalue weighted by Gasteiger charge is -2.37. The van der Waals surface area contributed by atoms with Gasteiger partial charge in [0.1, 0.15) is 16.6 Å². The number of aromatic nitrogens is 3. The van der Waals surface area contributed by atoms with Crippen molar-refractivity contribution >= 4 is 45.4 Å². The molecule has 2 atom stereocenters. The van der Waals surface area contributed by atoms with E-state index < -0.39 is 5.82 Å².